The van der Waals surface area contributed by atoms with E-state index in [1.807, 2.05) is 58.9 Å². The minimum Gasteiger partial charge on any atom is -0.177 e. The Morgan fingerprint density at radius 1 is 0.675 bits per heavy atom. The van der Waals surface area contributed by atoms with E-state index in [9.17, 15) is 20.1 Å². The summed E-state index contributed by atoms with van der Waals surface area (Å²) in [7, 11) is 0.628. The largest absolute Gasteiger partial charge is 0.177 e. The average molecular weight is 2150 g/mol. The van der Waals surface area contributed by atoms with Gasteiger partial charge in [-0.3, -0.25) is 24.7 Å². The number of alkyl halides is 7. The summed E-state index contributed by atoms with van der Waals surface area (Å²) in [6.07, 6.45) is 13.2. The summed E-state index contributed by atoms with van der Waals surface area (Å²) in [6, 6.07) is 0. The number of pyridine rings is 4. The molecule has 10 heterocycles. The van der Waals surface area contributed by atoms with Crippen LogP contribution in [-0.4, -0.2) is 142 Å². The third kappa shape index (κ3) is 28.3. The quantitative estimate of drug-likeness (QED) is 0.0593. The van der Waals surface area contributed by atoms with Crippen molar-refractivity contribution in [3.63, 3.8) is 0 Å². The number of aldehydes is 1. The van der Waals surface area contributed by atoms with E-state index in [1.165, 1.54) is 37.0 Å². The van der Waals surface area contributed by atoms with E-state index in [2.05, 4.69) is 279 Å². The van der Waals surface area contributed by atoms with Gasteiger partial charge in [0.05, 0.1) is 70.2 Å². The van der Waals surface area contributed by atoms with Crippen LogP contribution in [0.25, 0.3) is 0 Å². The Hall–Kier alpha value is -1.47. The van der Waals surface area contributed by atoms with Crippen molar-refractivity contribution >= 4 is 198 Å². The first-order valence-electron chi connectivity index (χ1n) is 23.3. The number of fused-ring (bicyclic) bond motifs is 2. The summed E-state index contributed by atoms with van der Waals surface area (Å²) >= 11 is 21.8. The van der Waals surface area contributed by atoms with E-state index in [4.69, 9.17) is 18.9 Å². The molecule has 4 N–H and O–H groups in total. The van der Waals surface area contributed by atoms with Gasteiger partial charge in [0.1, 0.15) is 41.9 Å². The summed E-state index contributed by atoms with van der Waals surface area (Å²) < 4.78 is 29.5. The molecule has 0 spiro atoms. The molecular weight excluding hydrogens is 2090 g/mol. The molecule has 0 amide bonds. The second-order valence-corrected chi connectivity index (χ2v) is 44.3. The van der Waals surface area contributed by atoms with Gasteiger partial charge in [0.2, 0.25) is 11.6 Å². The molecule has 0 bridgehead atoms. The Morgan fingerprint density at radius 2 is 1.06 bits per heavy atom. The molecule has 8 aromatic heterocycles. The van der Waals surface area contributed by atoms with Gasteiger partial charge in [-0.25, -0.2) is 14.0 Å². The number of aliphatic hydroxyl groups excluding tert-OH is 1. The zero-order valence-corrected chi connectivity index (χ0v) is 65.9. The van der Waals surface area contributed by atoms with Crippen molar-refractivity contribution in [2.45, 2.75) is 112 Å². The molecule has 2 aliphatic heterocycles. The summed E-state index contributed by atoms with van der Waals surface area (Å²) in [5.41, 5.74) is 8.91. The smallest absolute Gasteiger partial charge is 0.161 e. The van der Waals surface area contributed by atoms with Gasteiger partial charge in [-0.1, -0.05) is 157 Å². The number of nitrogens with one attached hydrogen (secondary N) is 1. The zero-order chi connectivity index (χ0) is 62.1. The van der Waals surface area contributed by atoms with Gasteiger partial charge in [0, 0.05) is 91.2 Å². The fourth-order valence-electron chi connectivity index (χ4n) is 6.55. The molecule has 0 aromatic carbocycles. The van der Waals surface area contributed by atoms with E-state index in [0.29, 0.717) is 76.7 Å². The van der Waals surface area contributed by atoms with Gasteiger partial charge in [-0.05, 0) is 69.5 Å². The van der Waals surface area contributed by atoms with Gasteiger partial charge in [-0.15, -0.1) is 25.5 Å². The van der Waals surface area contributed by atoms with E-state index < -0.39 is 11.6 Å². The predicted octanol–water partition coefficient (Wildman–Crippen LogP) is 9.97. The number of ether oxygens (including phenoxy) is 4. The number of hydrogen-bond donors (Lipinski definition) is 4. The minimum atomic E-state index is -0.618. The number of aromatic amines is 1. The summed E-state index contributed by atoms with van der Waals surface area (Å²) in [4.78, 5) is 29.5. The number of aromatic nitrogens is 20. The maximum absolute atomic E-state index is 10.9. The molecule has 2 aliphatic rings. The number of aromatic hydroxyl groups is 2. The van der Waals surface area contributed by atoms with Crippen LogP contribution in [-0.2, 0) is 63.7 Å². The maximum atomic E-state index is 10.9. The number of aryl methyl sites for hydroxylation is 4. The number of rotatable bonds is 9. The van der Waals surface area contributed by atoms with Crippen LogP contribution < -0.4 is 9.47 Å². The van der Waals surface area contributed by atoms with Crippen LogP contribution >= 0.6 is 191 Å². The van der Waals surface area contributed by atoms with E-state index in [1.54, 1.807) is 31.1 Å². The molecule has 8 aromatic rings. The summed E-state index contributed by atoms with van der Waals surface area (Å²) in [5, 5.41) is 73.9. The average Bonchev–Trinajstić information content (AvgIpc) is 4.49. The second-order valence-electron chi connectivity index (χ2n) is 16.7. The molecule has 10 rings (SSSR count). The first kappa shape index (κ1) is 77.6. The second kappa shape index (κ2) is 42.5. The van der Waals surface area contributed by atoms with Crippen LogP contribution in [0.5, 0.6) is 23.0 Å². The number of hydrogen-bond acceptors (Lipinski definition) is 24. The molecule has 0 saturated carbocycles. The van der Waals surface area contributed by atoms with Crippen molar-refractivity contribution in [1.29, 1.82) is 0 Å². The topological polar surface area (TPSA) is 351 Å². The predicted molar refractivity (Wildman–Crippen MR) is 374 cm³/mol. The van der Waals surface area contributed by atoms with Crippen LogP contribution in [0.15, 0.2) is 50.1 Å². The molecule has 28 nitrogen and oxygen atoms in total. The fourth-order valence-corrected chi connectivity index (χ4v) is 7.03. The van der Waals surface area contributed by atoms with E-state index >= 15 is 0 Å². The van der Waals surface area contributed by atoms with Gasteiger partial charge in [0.25, 0.3) is 0 Å². The van der Waals surface area contributed by atoms with Gasteiger partial charge >= 0.3 is 49.4 Å². The Balaban J connectivity index is 0.000000346. The maximum Gasteiger partial charge on any atom is 0.161 e. The molecule has 38 heteroatoms. The van der Waals surface area contributed by atoms with Crippen LogP contribution in [0.2, 0.25) is 0 Å². The number of halogens is 9. The molecule has 0 saturated heterocycles. The van der Waals surface area contributed by atoms with Crippen molar-refractivity contribution in [3.05, 3.63) is 117 Å². The number of nitrogens with zero attached hydrogens (tertiary/aromatic N) is 19. The monoisotopic (exact) mass is 2150 g/mol. The third-order valence-corrected chi connectivity index (χ3v) is 10.9. The molecule has 83 heavy (non-hydrogen) atoms. The van der Waals surface area contributed by atoms with Crippen molar-refractivity contribution in [1.82, 2.24) is 101 Å². The Bertz CT molecular complexity index is 3060. The first-order chi connectivity index (χ1) is 39.6. The van der Waals surface area contributed by atoms with Gasteiger partial charge in [-0.2, -0.15) is 5.21 Å². The van der Waals surface area contributed by atoms with Crippen molar-refractivity contribution < 1.29 is 48.5 Å². The normalized spacial score (nSPS) is 12.5. The van der Waals surface area contributed by atoms with Crippen LogP contribution in [0.4, 0.5) is 0 Å². The molecular formula is C45H57BrI8N20O8V. The number of aliphatic hydroxyl groups is 1. The van der Waals surface area contributed by atoms with E-state index in [0.717, 1.165) is 50.4 Å². The SMILES string of the molecule is CI.Cc1ncc(CBr)c2c1OC(C)(C)OC2.Cc1ncc(Cn2cnnn2)c(C=O)c1O.Cc1ncc(Cn2cnnn2)c(CO)c1O.Cc1ncc(Cn2cnnn2)c2c1OC(C)(C)OC2.IC(I)I.ICI.[I][V][I].c1nn[nH]n1. The minimum absolute atomic E-state index is 0.0214. The number of tetrazole rings is 4. The van der Waals surface area contributed by atoms with Crippen molar-refractivity contribution in [2.24, 2.45) is 0 Å². The third-order valence-electron chi connectivity index (χ3n) is 10.3. The van der Waals surface area contributed by atoms with Crippen molar-refractivity contribution in [2.75, 3.05) is 7.36 Å². The first-order valence-corrected chi connectivity index (χ1v) is 42.4. The Morgan fingerprint density at radius 3 is 1.43 bits per heavy atom. The number of carbonyl (C=O) groups excluding carboxylic acids is 1. The summed E-state index contributed by atoms with van der Waals surface area (Å²) in [5.74, 6) is 0.440. The van der Waals surface area contributed by atoms with E-state index in [-0.39, 0.29) is 23.7 Å². The molecule has 0 radical (unpaired) electrons. The number of carbonyl (C=O) groups is 1. The van der Waals surface area contributed by atoms with Crippen LogP contribution in [0.1, 0.15) is 99.8 Å². The van der Waals surface area contributed by atoms with Crippen LogP contribution in [0.3, 0.4) is 0 Å². The number of H-pyrrole nitrogens is 1. The standard InChI is InChI=1S/C12H15N5O2.C11H14BrNO2.C9H11N5O2.C9H9N5O2.CHI3.CH2I2.CH3I.CH2N4.2HI.V/c1-8-11-10(6-18-12(2,3)19-11)9(4-13-8)5-17-7-14-15-16-17;1-7-10-9(8(4-12)5-13-7)6-14-11(2,3)15-10;2*1-6-9(16)8(4-15)7(2-10-6)3-14-5-11-12-13-14;2-1(3)4;2-1-3;1-2;1-2-4-5-3-1;;;/h4,7H,5-6H2,1-3H3;5H,4,6H2,1-3H3;2,5,15-16H,3-4H2,1H3;2,4-5,16H,3H2,1H3;1H;1H2;1H3;1H,(H,2,3,4,5);2*1H;/q;;;;;;;;;;+2/p-2. The molecule has 0 atom stereocenters. The zero-order valence-electron chi connectivity index (χ0n) is 45.7. The van der Waals surface area contributed by atoms with Gasteiger partial charge < -0.3 is 34.3 Å². The van der Waals surface area contributed by atoms with Gasteiger partial charge in [0.15, 0.2) is 12.6 Å². The Kier molecular flexibility index (Phi) is 39.7. The molecule has 0 fully saturated rings. The fraction of sp³-hybridized carbons (Fsp3) is 0.444. The molecule has 453 valence electrons. The Labute approximate surface area is 598 Å². The summed E-state index contributed by atoms with van der Waals surface area (Å²) in [6.45, 7) is 16.9. The van der Waals surface area contributed by atoms with Crippen LogP contribution in [0, 0.1) is 27.7 Å². The molecule has 0 aliphatic carbocycles. The molecule has 0 unspecified atom stereocenters. The van der Waals surface area contributed by atoms with Crippen molar-refractivity contribution in [3.8, 4) is 23.0 Å².